The third kappa shape index (κ3) is 4.02. The summed E-state index contributed by atoms with van der Waals surface area (Å²) in [4.78, 5) is 11.0. The molecule has 2 N–H and O–H groups in total. The lowest BCUT2D eigenvalue weighted by atomic mass is 10.1. The summed E-state index contributed by atoms with van der Waals surface area (Å²) in [7, 11) is -2.24. The molecule has 0 saturated heterocycles. The summed E-state index contributed by atoms with van der Waals surface area (Å²) >= 11 is 0.756. The summed E-state index contributed by atoms with van der Waals surface area (Å²) in [5.74, 6) is -1.06. The molecule has 8 heteroatoms. The van der Waals surface area contributed by atoms with Gasteiger partial charge in [-0.15, -0.1) is 11.3 Å². The van der Waals surface area contributed by atoms with E-state index in [4.69, 9.17) is 9.84 Å². The number of carboxylic acids is 1. The van der Waals surface area contributed by atoms with Crippen LogP contribution in [0.15, 0.2) is 10.3 Å². The summed E-state index contributed by atoms with van der Waals surface area (Å²) in [6.07, 6.45) is 0. The van der Waals surface area contributed by atoms with Gasteiger partial charge in [0.1, 0.15) is 9.09 Å². The minimum absolute atomic E-state index is 0.00848. The average molecular weight is 321 g/mol. The highest BCUT2D eigenvalue weighted by Crippen LogP contribution is 2.26. The molecule has 1 rings (SSSR count). The number of aromatic carboxylic acids is 1. The standard InChI is InChI=1S/C12H19NO5S2/c1-7(2)9(6-18-4)13-20(16,17)10-5-8(3)11(19-10)12(14)15/h5,7,9,13H,6H2,1-4H3,(H,14,15). The predicted molar refractivity (Wildman–Crippen MR) is 76.8 cm³/mol. The van der Waals surface area contributed by atoms with Gasteiger partial charge in [-0.25, -0.2) is 17.9 Å². The minimum atomic E-state index is -3.74. The maximum absolute atomic E-state index is 12.3. The number of sulfonamides is 1. The van der Waals surface area contributed by atoms with Crippen LogP contribution in [0.1, 0.15) is 29.1 Å². The van der Waals surface area contributed by atoms with Crippen LogP contribution in [0, 0.1) is 12.8 Å². The minimum Gasteiger partial charge on any atom is -0.477 e. The number of hydrogen-bond donors (Lipinski definition) is 2. The predicted octanol–water partition coefficient (Wildman–Crippen LogP) is 1.70. The van der Waals surface area contributed by atoms with Crippen LogP contribution in [0.5, 0.6) is 0 Å². The number of rotatable bonds is 7. The molecule has 0 fully saturated rings. The van der Waals surface area contributed by atoms with Crippen LogP contribution in [-0.2, 0) is 14.8 Å². The number of aryl methyl sites for hydroxylation is 1. The zero-order valence-corrected chi connectivity index (χ0v) is 13.5. The summed E-state index contributed by atoms with van der Waals surface area (Å²) < 4.78 is 32.1. The quantitative estimate of drug-likeness (QED) is 0.797. The largest absolute Gasteiger partial charge is 0.477 e. The first-order valence-electron chi connectivity index (χ1n) is 6.04. The molecule has 0 aromatic carbocycles. The van der Waals surface area contributed by atoms with Gasteiger partial charge in [0.05, 0.1) is 6.61 Å². The molecule has 0 aliphatic rings. The molecule has 6 nitrogen and oxygen atoms in total. The maximum Gasteiger partial charge on any atom is 0.346 e. The second kappa shape index (κ2) is 6.66. The van der Waals surface area contributed by atoms with E-state index in [1.54, 1.807) is 6.92 Å². The Morgan fingerprint density at radius 3 is 2.50 bits per heavy atom. The van der Waals surface area contributed by atoms with E-state index in [0.717, 1.165) is 11.3 Å². The number of nitrogens with one attached hydrogen (secondary N) is 1. The van der Waals surface area contributed by atoms with Crippen molar-refractivity contribution in [3.05, 3.63) is 16.5 Å². The Kier molecular flexibility index (Phi) is 5.69. The number of carboxylic acid groups (broad SMARTS) is 1. The Balaban J connectivity index is 3.04. The van der Waals surface area contributed by atoms with Gasteiger partial charge >= 0.3 is 5.97 Å². The lowest BCUT2D eigenvalue weighted by Crippen LogP contribution is -2.41. The molecule has 1 unspecified atom stereocenters. The molecular formula is C12H19NO5S2. The van der Waals surface area contributed by atoms with Crippen molar-refractivity contribution in [2.75, 3.05) is 13.7 Å². The third-order valence-corrected chi connectivity index (χ3v) is 6.00. The van der Waals surface area contributed by atoms with E-state index in [-0.39, 0.29) is 27.7 Å². The summed E-state index contributed by atoms with van der Waals surface area (Å²) in [5, 5.41) is 8.97. The fourth-order valence-electron chi connectivity index (χ4n) is 1.60. The fourth-order valence-corrected chi connectivity index (χ4v) is 4.36. The first kappa shape index (κ1) is 17.1. The fraction of sp³-hybridized carbons (Fsp3) is 0.583. The highest BCUT2D eigenvalue weighted by Gasteiger charge is 2.26. The Bertz CT molecular complexity index is 577. The summed E-state index contributed by atoms with van der Waals surface area (Å²) in [6.45, 7) is 5.60. The average Bonchev–Trinajstić information content (AvgIpc) is 2.71. The summed E-state index contributed by atoms with van der Waals surface area (Å²) in [6, 6.07) is 1.02. The smallest absolute Gasteiger partial charge is 0.346 e. The molecule has 20 heavy (non-hydrogen) atoms. The first-order chi connectivity index (χ1) is 9.19. The van der Waals surface area contributed by atoms with Crippen LogP contribution in [0.4, 0.5) is 0 Å². The van der Waals surface area contributed by atoms with E-state index in [1.807, 2.05) is 13.8 Å². The van der Waals surface area contributed by atoms with Gasteiger partial charge in [-0.3, -0.25) is 0 Å². The molecule has 114 valence electrons. The van der Waals surface area contributed by atoms with Crippen molar-refractivity contribution in [3.63, 3.8) is 0 Å². The van der Waals surface area contributed by atoms with Gasteiger partial charge in [0.25, 0.3) is 0 Å². The van der Waals surface area contributed by atoms with Gasteiger partial charge in [0.15, 0.2) is 0 Å². The van der Waals surface area contributed by atoms with Gasteiger partial charge < -0.3 is 9.84 Å². The molecule has 1 aromatic rings. The van der Waals surface area contributed by atoms with Crippen molar-refractivity contribution in [2.45, 2.75) is 31.0 Å². The Hall–Kier alpha value is -0.960. The van der Waals surface area contributed by atoms with Gasteiger partial charge in [0, 0.05) is 13.2 Å². The van der Waals surface area contributed by atoms with E-state index < -0.39 is 16.0 Å². The molecule has 0 aliphatic carbocycles. The number of carbonyl (C=O) groups is 1. The van der Waals surface area contributed by atoms with Crippen molar-refractivity contribution in [1.29, 1.82) is 0 Å². The van der Waals surface area contributed by atoms with Gasteiger partial charge in [0.2, 0.25) is 10.0 Å². The molecule has 0 saturated carbocycles. The molecule has 0 radical (unpaired) electrons. The molecule has 0 bridgehead atoms. The monoisotopic (exact) mass is 321 g/mol. The van der Waals surface area contributed by atoms with E-state index in [2.05, 4.69) is 4.72 Å². The number of methoxy groups -OCH3 is 1. The second-order valence-corrected chi connectivity index (χ2v) is 7.80. The zero-order valence-electron chi connectivity index (χ0n) is 11.8. The molecular weight excluding hydrogens is 302 g/mol. The van der Waals surface area contributed by atoms with Gasteiger partial charge in [-0.2, -0.15) is 0 Å². The van der Waals surface area contributed by atoms with Crippen LogP contribution in [0.25, 0.3) is 0 Å². The Morgan fingerprint density at radius 2 is 2.10 bits per heavy atom. The van der Waals surface area contributed by atoms with E-state index in [1.165, 1.54) is 13.2 Å². The molecule has 1 aromatic heterocycles. The molecule has 1 atom stereocenters. The van der Waals surface area contributed by atoms with Crippen molar-refractivity contribution in [1.82, 2.24) is 4.72 Å². The topological polar surface area (TPSA) is 92.7 Å². The lowest BCUT2D eigenvalue weighted by Gasteiger charge is -2.20. The van der Waals surface area contributed by atoms with Crippen LogP contribution in [-0.4, -0.2) is 39.3 Å². The number of thiophene rings is 1. The zero-order chi connectivity index (χ0) is 15.5. The normalized spacial score (nSPS) is 13.7. The first-order valence-corrected chi connectivity index (χ1v) is 8.34. The van der Waals surface area contributed by atoms with Crippen molar-refractivity contribution in [2.24, 2.45) is 5.92 Å². The SMILES string of the molecule is COCC(NS(=O)(=O)c1cc(C)c(C(=O)O)s1)C(C)C. The molecule has 0 aliphatic heterocycles. The lowest BCUT2D eigenvalue weighted by molar-refractivity contribution is 0.0701. The Labute approximate surface area is 122 Å². The van der Waals surface area contributed by atoms with Crippen molar-refractivity contribution in [3.8, 4) is 0 Å². The maximum atomic E-state index is 12.3. The number of hydrogen-bond acceptors (Lipinski definition) is 5. The molecule has 0 spiro atoms. The second-order valence-electron chi connectivity index (χ2n) is 4.81. The Morgan fingerprint density at radius 1 is 1.50 bits per heavy atom. The summed E-state index contributed by atoms with van der Waals surface area (Å²) in [5.41, 5.74) is 0.440. The highest BCUT2D eigenvalue weighted by atomic mass is 32.2. The van der Waals surface area contributed by atoms with Gasteiger partial charge in [-0.1, -0.05) is 13.8 Å². The highest BCUT2D eigenvalue weighted by molar-refractivity contribution is 7.91. The van der Waals surface area contributed by atoms with E-state index in [9.17, 15) is 13.2 Å². The van der Waals surface area contributed by atoms with E-state index >= 15 is 0 Å². The van der Waals surface area contributed by atoms with Crippen LogP contribution < -0.4 is 4.72 Å². The molecule has 0 amide bonds. The van der Waals surface area contributed by atoms with Crippen molar-refractivity contribution >= 4 is 27.3 Å². The van der Waals surface area contributed by atoms with E-state index in [0.29, 0.717) is 5.56 Å². The number of ether oxygens (including phenoxy) is 1. The van der Waals surface area contributed by atoms with Crippen LogP contribution in [0.3, 0.4) is 0 Å². The van der Waals surface area contributed by atoms with Crippen LogP contribution >= 0.6 is 11.3 Å². The van der Waals surface area contributed by atoms with Gasteiger partial charge in [-0.05, 0) is 24.5 Å². The van der Waals surface area contributed by atoms with Crippen molar-refractivity contribution < 1.29 is 23.1 Å². The van der Waals surface area contributed by atoms with Crippen LogP contribution in [0.2, 0.25) is 0 Å². The third-order valence-electron chi connectivity index (χ3n) is 2.81. The molecule has 1 heterocycles.